The van der Waals surface area contributed by atoms with Crippen molar-refractivity contribution in [2.75, 3.05) is 5.32 Å². The second-order valence-corrected chi connectivity index (χ2v) is 7.36. The van der Waals surface area contributed by atoms with Gasteiger partial charge in [-0.15, -0.1) is 10.2 Å². The van der Waals surface area contributed by atoms with Crippen molar-refractivity contribution >= 4 is 22.4 Å². The third-order valence-corrected chi connectivity index (χ3v) is 4.78. The molecule has 0 aliphatic carbocycles. The van der Waals surface area contributed by atoms with Crippen LogP contribution in [0.1, 0.15) is 5.01 Å². The first-order valence-electron chi connectivity index (χ1n) is 7.79. The van der Waals surface area contributed by atoms with Gasteiger partial charge in [-0.2, -0.15) is 87.8 Å². The number of carbonyl (C=O) groups excluding carboxylic acids is 1. The van der Waals surface area contributed by atoms with Crippen molar-refractivity contribution in [3.63, 3.8) is 0 Å². The molecule has 1 aromatic rings. The summed E-state index contributed by atoms with van der Waals surface area (Å²) in [5.74, 6) is -63.5. The molecule has 4 nitrogen and oxygen atoms in total. The van der Waals surface area contributed by atoms with Crippen LogP contribution in [-0.4, -0.2) is 63.7 Å². The van der Waals surface area contributed by atoms with Gasteiger partial charge in [-0.1, -0.05) is 11.3 Å². The molecule has 0 atom stereocenters. The Morgan fingerprint density at radius 1 is 0.541 bits per heavy atom. The molecule has 0 aliphatic heterocycles. The highest BCUT2D eigenvalue weighted by molar-refractivity contribution is 7.15. The van der Waals surface area contributed by atoms with Gasteiger partial charge in [0.25, 0.3) is 0 Å². The van der Waals surface area contributed by atoms with Crippen molar-refractivity contribution in [3.8, 4) is 0 Å². The average molecular weight is 615 g/mol. The van der Waals surface area contributed by atoms with Crippen molar-refractivity contribution < 1.29 is 92.6 Å². The predicted octanol–water partition coefficient (Wildman–Crippen LogP) is 6.50. The molecule has 1 aromatic heterocycles. The van der Waals surface area contributed by atoms with Gasteiger partial charge in [0, 0.05) is 0 Å². The van der Waals surface area contributed by atoms with Crippen LogP contribution in [0.3, 0.4) is 0 Å². The molecule has 0 bridgehead atoms. The van der Waals surface area contributed by atoms with Crippen LogP contribution in [0.2, 0.25) is 0 Å². The highest BCUT2D eigenvalue weighted by atomic mass is 32.1. The Labute approximate surface area is 190 Å². The Hall–Kier alpha value is -2.37. The molecule has 0 saturated heterocycles. The molecule has 37 heavy (non-hydrogen) atoms. The van der Waals surface area contributed by atoms with Crippen molar-refractivity contribution in [2.24, 2.45) is 0 Å². The SMILES string of the molecule is O=C(Nc1nnc(C(F)(F)F)s1)C(F)(F)C(F)(F)C(F)(F)C(F)(F)C(F)(F)C(F)(F)C(F)(F)C(F)(F)F. The van der Waals surface area contributed by atoms with Gasteiger partial charge < -0.3 is 0 Å². The van der Waals surface area contributed by atoms with E-state index in [4.69, 9.17) is 0 Å². The fraction of sp³-hybridized carbons (Fsp3) is 0.750. The summed E-state index contributed by atoms with van der Waals surface area (Å²) in [6, 6.07) is 0. The van der Waals surface area contributed by atoms with Crippen molar-refractivity contribution in [3.05, 3.63) is 5.01 Å². The minimum atomic E-state index is -8.91. The number of amides is 1. The molecule has 0 unspecified atom stereocenters. The molecule has 1 N–H and O–H groups in total. The van der Waals surface area contributed by atoms with Gasteiger partial charge in [0.1, 0.15) is 0 Å². The van der Waals surface area contributed by atoms with E-state index >= 15 is 0 Å². The summed E-state index contributed by atoms with van der Waals surface area (Å²) in [7, 11) is 0. The molecule has 1 heterocycles. The molecular formula is C12HF20N3OS. The predicted molar refractivity (Wildman–Crippen MR) is 74.2 cm³/mol. The molecule has 1 amide bonds. The van der Waals surface area contributed by atoms with Crippen LogP contribution in [0.5, 0.6) is 0 Å². The van der Waals surface area contributed by atoms with E-state index in [0.717, 1.165) is 0 Å². The quantitative estimate of drug-likeness (QED) is 0.340. The van der Waals surface area contributed by atoms with Crippen LogP contribution in [0.4, 0.5) is 92.9 Å². The maximum Gasteiger partial charge on any atom is 0.460 e. The third kappa shape index (κ3) is 4.59. The maximum absolute atomic E-state index is 13.7. The summed E-state index contributed by atoms with van der Waals surface area (Å²) < 4.78 is 260. The molecule has 0 aliphatic rings. The zero-order valence-electron chi connectivity index (χ0n) is 15.8. The number of hydrogen-bond acceptors (Lipinski definition) is 4. The molecule has 25 heteroatoms. The Bertz CT molecular complexity index is 1010. The van der Waals surface area contributed by atoms with Crippen LogP contribution in [-0.2, 0) is 11.0 Å². The maximum atomic E-state index is 13.7. The molecule has 0 aromatic carbocycles. The molecule has 0 fully saturated rings. The summed E-state index contributed by atoms with van der Waals surface area (Å²) in [4.78, 5) is 11.2. The topological polar surface area (TPSA) is 54.9 Å². The van der Waals surface area contributed by atoms with E-state index in [1.54, 1.807) is 0 Å². The number of nitrogens with one attached hydrogen (secondary N) is 1. The molecule has 1 rings (SSSR count). The first-order chi connectivity index (χ1) is 15.9. The summed E-state index contributed by atoms with van der Waals surface area (Å²) in [6.07, 6.45) is -13.4. The zero-order valence-corrected chi connectivity index (χ0v) is 16.6. The van der Waals surface area contributed by atoms with Crippen LogP contribution < -0.4 is 5.32 Å². The molecule has 0 radical (unpaired) electrons. The zero-order chi connectivity index (χ0) is 30.1. The van der Waals surface area contributed by atoms with Crippen LogP contribution in [0.15, 0.2) is 0 Å². The summed E-state index contributed by atoms with van der Waals surface area (Å²) in [6.45, 7) is 0. The Balaban J connectivity index is 3.54. The van der Waals surface area contributed by atoms with E-state index in [2.05, 4.69) is 10.2 Å². The Morgan fingerprint density at radius 3 is 1.22 bits per heavy atom. The van der Waals surface area contributed by atoms with Crippen molar-refractivity contribution in [1.82, 2.24) is 10.2 Å². The molecular weight excluding hydrogens is 614 g/mol. The smallest absolute Gasteiger partial charge is 0.295 e. The summed E-state index contributed by atoms with van der Waals surface area (Å²) in [5, 5.41) is 0.605. The Morgan fingerprint density at radius 2 is 0.892 bits per heavy atom. The van der Waals surface area contributed by atoms with Crippen molar-refractivity contribution in [1.29, 1.82) is 0 Å². The van der Waals surface area contributed by atoms with Gasteiger partial charge in [-0.25, -0.2) is 0 Å². The van der Waals surface area contributed by atoms with E-state index in [-0.39, 0.29) is 5.32 Å². The number of alkyl halides is 20. The van der Waals surface area contributed by atoms with Crippen LogP contribution in [0.25, 0.3) is 0 Å². The normalized spacial score (nSPS) is 15.7. The molecule has 0 saturated carbocycles. The monoisotopic (exact) mass is 615 g/mol. The minimum Gasteiger partial charge on any atom is -0.295 e. The van der Waals surface area contributed by atoms with Gasteiger partial charge in [0.2, 0.25) is 10.1 Å². The van der Waals surface area contributed by atoms with Crippen LogP contribution >= 0.6 is 11.3 Å². The van der Waals surface area contributed by atoms with Gasteiger partial charge in [0.15, 0.2) is 0 Å². The fourth-order valence-corrected chi connectivity index (χ4v) is 2.48. The number of aromatic nitrogens is 2. The van der Waals surface area contributed by atoms with Crippen molar-refractivity contribution in [2.45, 2.75) is 53.8 Å². The number of rotatable bonds is 8. The average Bonchev–Trinajstić information content (AvgIpc) is 3.15. The standard InChI is InChI=1S/C12HF20N3OS/c13-4(14,1(36)33-3-35-34-2(37-3)5(15,16)17)6(18,19)7(20,21)8(22,23)9(24,25)10(26,27)11(28,29)12(30,31)32/h(H,33,35,36). The number of hydrogen-bond donors (Lipinski definition) is 1. The third-order valence-electron chi connectivity index (χ3n) is 3.90. The lowest BCUT2D eigenvalue weighted by molar-refractivity contribution is -0.459. The minimum absolute atomic E-state index is 0.211. The number of halogens is 20. The Kier molecular flexibility index (Phi) is 7.57. The van der Waals surface area contributed by atoms with E-state index < -0.39 is 81.2 Å². The lowest BCUT2D eigenvalue weighted by Gasteiger charge is -2.42. The lowest BCUT2D eigenvalue weighted by Crippen LogP contribution is -2.75. The number of carbonyl (C=O) groups is 1. The molecule has 216 valence electrons. The van der Waals surface area contributed by atoms with E-state index in [1.807, 2.05) is 0 Å². The summed E-state index contributed by atoms with van der Waals surface area (Å²) >= 11 is -0.982. The highest BCUT2D eigenvalue weighted by Gasteiger charge is 2.95. The largest absolute Gasteiger partial charge is 0.460 e. The van der Waals surface area contributed by atoms with Crippen LogP contribution in [0, 0.1) is 0 Å². The van der Waals surface area contributed by atoms with Gasteiger partial charge in [0.05, 0.1) is 0 Å². The first-order valence-corrected chi connectivity index (χ1v) is 8.61. The second kappa shape index (κ2) is 8.57. The molecule has 0 spiro atoms. The second-order valence-electron chi connectivity index (χ2n) is 6.38. The highest BCUT2D eigenvalue weighted by Crippen LogP contribution is 2.64. The van der Waals surface area contributed by atoms with E-state index in [1.165, 1.54) is 0 Å². The van der Waals surface area contributed by atoms with E-state index in [0.29, 0.717) is 0 Å². The fourth-order valence-electron chi connectivity index (χ4n) is 1.87. The number of nitrogens with zero attached hydrogens (tertiary/aromatic N) is 2. The van der Waals surface area contributed by atoms with Gasteiger partial charge in [-0.3, -0.25) is 10.1 Å². The summed E-state index contributed by atoms with van der Waals surface area (Å²) in [5.41, 5.74) is 0. The van der Waals surface area contributed by atoms with E-state index in [9.17, 15) is 92.6 Å². The lowest BCUT2D eigenvalue weighted by atomic mass is 9.89. The number of anilines is 1. The van der Waals surface area contributed by atoms with Gasteiger partial charge >= 0.3 is 59.7 Å². The first kappa shape index (κ1) is 32.7. The van der Waals surface area contributed by atoms with Gasteiger partial charge in [-0.05, 0) is 0 Å².